The Kier molecular flexibility index (Phi) is 8.26. The first-order valence-corrected chi connectivity index (χ1v) is 9.92. The minimum atomic E-state index is -0.0478. The third kappa shape index (κ3) is 6.80. The van der Waals surface area contributed by atoms with Crippen molar-refractivity contribution in [1.82, 2.24) is 20.4 Å². The highest BCUT2D eigenvalue weighted by Gasteiger charge is 2.28. The molecule has 1 aliphatic heterocycles. The number of guanidine groups is 1. The molecule has 1 saturated heterocycles. The zero-order chi connectivity index (χ0) is 20.6. The Balaban J connectivity index is 2.04. The molecule has 0 radical (unpaired) electrons. The zero-order valence-corrected chi connectivity index (χ0v) is 17.9. The molecule has 0 aromatic heterocycles. The first-order valence-electron chi connectivity index (χ1n) is 9.92. The molecule has 2 rings (SSSR count). The van der Waals surface area contributed by atoms with Gasteiger partial charge in [-0.05, 0) is 26.3 Å². The fraction of sp³-hybridized carbons (Fsp3) is 0.619. The van der Waals surface area contributed by atoms with E-state index in [1.807, 2.05) is 18.2 Å². The molecule has 28 heavy (non-hydrogen) atoms. The number of hydrogen-bond donors (Lipinski definition) is 2. The van der Waals surface area contributed by atoms with Gasteiger partial charge in [0.25, 0.3) is 0 Å². The van der Waals surface area contributed by atoms with Gasteiger partial charge in [0.2, 0.25) is 5.91 Å². The SMILES string of the molecule is CC(NC(=NCC(=O)N(C)C)NCC(C)(C)N1CCOCC1)c1ccccc1. The van der Waals surface area contributed by atoms with Gasteiger partial charge in [0, 0.05) is 39.3 Å². The van der Waals surface area contributed by atoms with E-state index in [4.69, 9.17) is 4.74 Å². The predicted octanol–water partition coefficient (Wildman–Crippen LogP) is 1.48. The van der Waals surface area contributed by atoms with Crippen LogP contribution in [0.3, 0.4) is 0 Å². The summed E-state index contributed by atoms with van der Waals surface area (Å²) in [4.78, 5) is 20.5. The van der Waals surface area contributed by atoms with E-state index in [0.717, 1.165) is 32.8 Å². The number of hydrogen-bond acceptors (Lipinski definition) is 4. The lowest BCUT2D eigenvalue weighted by molar-refractivity contribution is -0.127. The zero-order valence-electron chi connectivity index (χ0n) is 17.9. The maximum atomic E-state index is 12.0. The Labute approximate surface area is 169 Å². The number of aliphatic imine (C=N–C) groups is 1. The third-order valence-electron chi connectivity index (χ3n) is 5.08. The number of likely N-dealkylation sites (N-methyl/N-ethyl adjacent to an activating group) is 1. The molecule has 0 spiro atoms. The first kappa shape index (κ1) is 22.2. The second-order valence-electron chi connectivity index (χ2n) is 8.00. The van der Waals surface area contributed by atoms with Crippen LogP contribution < -0.4 is 10.6 Å². The Morgan fingerprint density at radius 3 is 2.50 bits per heavy atom. The molecular formula is C21H35N5O2. The van der Waals surface area contributed by atoms with Crippen LogP contribution in [0.25, 0.3) is 0 Å². The standard InChI is InChI=1S/C21H35N5O2/c1-17(18-9-7-6-8-10-18)24-20(22-15-19(27)25(4)5)23-16-21(2,3)26-11-13-28-14-12-26/h6-10,17H,11-16H2,1-5H3,(H2,22,23,24). The molecule has 0 aliphatic carbocycles. The Bertz CT molecular complexity index is 639. The number of ether oxygens (including phenoxy) is 1. The van der Waals surface area contributed by atoms with Crippen molar-refractivity contribution in [1.29, 1.82) is 0 Å². The van der Waals surface area contributed by atoms with Crippen molar-refractivity contribution in [3.05, 3.63) is 35.9 Å². The summed E-state index contributed by atoms with van der Waals surface area (Å²) in [6.45, 7) is 10.7. The summed E-state index contributed by atoms with van der Waals surface area (Å²) in [6, 6.07) is 10.3. The van der Waals surface area contributed by atoms with Crippen LogP contribution in [-0.2, 0) is 9.53 Å². The number of morpholine rings is 1. The van der Waals surface area contributed by atoms with Crippen LogP contribution in [0.15, 0.2) is 35.3 Å². The van der Waals surface area contributed by atoms with Gasteiger partial charge in [-0.25, -0.2) is 4.99 Å². The van der Waals surface area contributed by atoms with Gasteiger partial charge in [0.15, 0.2) is 5.96 Å². The van der Waals surface area contributed by atoms with Crippen LogP contribution in [0.1, 0.15) is 32.4 Å². The molecule has 1 aromatic carbocycles. The van der Waals surface area contributed by atoms with E-state index in [0.29, 0.717) is 5.96 Å². The van der Waals surface area contributed by atoms with Crippen molar-refractivity contribution < 1.29 is 9.53 Å². The molecule has 156 valence electrons. The van der Waals surface area contributed by atoms with E-state index in [1.165, 1.54) is 5.56 Å². The van der Waals surface area contributed by atoms with Crippen molar-refractivity contribution in [2.24, 2.45) is 4.99 Å². The lowest BCUT2D eigenvalue weighted by atomic mass is 10.0. The van der Waals surface area contributed by atoms with Gasteiger partial charge in [0.05, 0.1) is 19.3 Å². The Hall–Kier alpha value is -2.12. The van der Waals surface area contributed by atoms with E-state index >= 15 is 0 Å². The summed E-state index contributed by atoms with van der Waals surface area (Å²) in [5.41, 5.74) is 1.12. The van der Waals surface area contributed by atoms with Crippen LogP contribution in [0.5, 0.6) is 0 Å². The summed E-state index contributed by atoms with van der Waals surface area (Å²) >= 11 is 0. The number of carbonyl (C=O) groups excluding carboxylic acids is 1. The second-order valence-corrected chi connectivity index (χ2v) is 8.00. The molecule has 1 fully saturated rings. The van der Waals surface area contributed by atoms with Gasteiger partial charge in [-0.1, -0.05) is 30.3 Å². The number of nitrogens with one attached hydrogen (secondary N) is 2. The molecule has 1 heterocycles. The molecule has 0 bridgehead atoms. The van der Waals surface area contributed by atoms with Crippen LogP contribution in [0.4, 0.5) is 0 Å². The maximum Gasteiger partial charge on any atom is 0.243 e. The fourth-order valence-corrected chi connectivity index (χ4v) is 3.05. The molecule has 0 saturated carbocycles. The summed E-state index contributed by atoms with van der Waals surface area (Å²) in [5.74, 6) is 0.619. The van der Waals surface area contributed by atoms with Crippen LogP contribution in [0, 0.1) is 0 Å². The smallest absolute Gasteiger partial charge is 0.243 e. The highest BCUT2D eigenvalue weighted by atomic mass is 16.5. The van der Waals surface area contributed by atoms with Crippen molar-refractivity contribution in [3.8, 4) is 0 Å². The average Bonchev–Trinajstić information content (AvgIpc) is 2.70. The van der Waals surface area contributed by atoms with Gasteiger partial charge < -0.3 is 20.3 Å². The molecule has 7 heteroatoms. The highest BCUT2D eigenvalue weighted by Crippen LogP contribution is 2.15. The molecule has 1 amide bonds. The first-order chi connectivity index (χ1) is 13.3. The normalized spacial score (nSPS) is 17.1. The Morgan fingerprint density at radius 1 is 1.25 bits per heavy atom. The monoisotopic (exact) mass is 389 g/mol. The van der Waals surface area contributed by atoms with Crippen LogP contribution in [0.2, 0.25) is 0 Å². The van der Waals surface area contributed by atoms with Crippen molar-refractivity contribution in [2.75, 3.05) is 53.5 Å². The topological polar surface area (TPSA) is 69.2 Å². The van der Waals surface area contributed by atoms with E-state index in [1.54, 1.807) is 19.0 Å². The summed E-state index contributed by atoms with van der Waals surface area (Å²) < 4.78 is 5.47. The van der Waals surface area contributed by atoms with Crippen molar-refractivity contribution >= 4 is 11.9 Å². The second kappa shape index (κ2) is 10.4. The largest absolute Gasteiger partial charge is 0.379 e. The number of rotatable bonds is 7. The summed E-state index contributed by atoms with van der Waals surface area (Å²) in [5, 5.41) is 6.87. The number of amides is 1. The average molecular weight is 390 g/mol. The fourth-order valence-electron chi connectivity index (χ4n) is 3.05. The van der Waals surface area contributed by atoms with Gasteiger partial charge in [0.1, 0.15) is 6.54 Å². The van der Waals surface area contributed by atoms with E-state index in [-0.39, 0.29) is 24.0 Å². The number of benzene rings is 1. The molecule has 7 nitrogen and oxygen atoms in total. The van der Waals surface area contributed by atoms with Crippen molar-refractivity contribution in [2.45, 2.75) is 32.4 Å². The third-order valence-corrected chi connectivity index (χ3v) is 5.08. The van der Waals surface area contributed by atoms with Crippen molar-refractivity contribution in [3.63, 3.8) is 0 Å². The van der Waals surface area contributed by atoms with Gasteiger partial charge >= 0.3 is 0 Å². The van der Waals surface area contributed by atoms with Gasteiger partial charge in [-0.2, -0.15) is 0 Å². The minimum Gasteiger partial charge on any atom is -0.379 e. The molecule has 1 unspecified atom stereocenters. The molecular weight excluding hydrogens is 354 g/mol. The van der Waals surface area contributed by atoms with Crippen LogP contribution in [-0.4, -0.2) is 80.7 Å². The summed E-state index contributed by atoms with van der Waals surface area (Å²) in [7, 11) is 3.49. The van der Waals surface area contributed by atoms with E-state index in [9.17, 15) is 4.79 Å². The molecule has 1 atom stereocenters. The lowest BCUT2D eigenvalue weighted by Crippen LogP contribution is -2.56. The maximum absolute atomic E-state index is 12.0. The van der Waals surface area contributed by atoms with Crippen LogP contribution >= 0.6 is 0 Å². The Morgan fingerprint density at radius 2 is 1.89 bits per heavy atom. The summed E-state index contributed by atoms with van der Waals surface area (Å²) in [6.07, 6.45) is 0. The molecule has 1 aliphatic rings. The molecule has 2 N–H and O–H groups in total. The highest BCUT2D eigenvalue weighted by molar-refractivity contribution is 5.85. The quantitative estimate of drug-likeness (QED) is 0.546. The number of carbonyl (C=O) groups is 1. The van der Waals surface area contributed by atoms with E-state index < -0.39 is 0 Å². The minimum absolute atomic E-state index is 0.0269. The van der Waals surface area contributed by atoms with E-state index in [2.05, 4.69) is 53.4 Å². The molecule has 1 aromatic rings. The lowest BCUT2D eigenvalue weighted by Gasteiger charge is -2.41. The number of nitrogens with zero attached hydrogens (tertiary/aromatic N) is 3. The predicted molar refractivity (Wildman–Crippen MR) is 113 cm³/mol. The van der Waals surface area contributed by atoms with Gasteiger partial charge in [-0.15, -0.1) is 0 Å². The van der Waals surface area contributed by atoms with Gasteiger partial charge in [-0.3, -0.25) is 9.69 Å².